The summed E-state index contributed by atoms with van der Waals surface area (Å²) in [6, 6.07) is 7.19. The summed E-state index contributed by atoms with van der Waals surface area (Å²) < 4.78 is 87.6. The van der Waals surface area contributed by atoms with Gasteiger partial charge >= 0.3 is 6.11 Å². The second-order valence-electron chi connectivity index (χ2n) is 9.00. The topological polar surface area (TPSA) is 22.1 Å². The van der Waals surface area contributed by atoms with Gasteiger partial charge < -0.3 is 4.74 Å². The van der Waals surface area contributed by atoms with E-state index in [1.807, 2.05) is 6.07 Å². The molecule has 2 nitrogen and oxygen atoms in total. The maximum atomic E-state index is 14.6. The van der Waals surface area contributed by atoms with E-state index in [4.69, 9.17) is 0 Å². The first-order valence-electron chi connectivity index (χ1n) is 11.7. The lowest BCUT2D eigenvalue weighted by atomic mass is 9.77. The normalized spacial score (nSPS) is 18.5. The van der Waals surface area contributed by atoms with Crippen molar-refractivity contribution in [3.8, 4) is 17.0 Å². The lowest BCUT2D eigenvalue weighted by Gasteiger charge is -2.28. The monoisotopic (exact) mass is 493 g/mol. The molecule has 3 aromatic rings. The van der Waals surface area contributed by atoms with Gasteiger partial charge in [-0.3, -0.25) is 4.98 Å². The Kier molecular flexibility index (Phi) is 7.38. The second-order valence-corrected chi connectivity index (χ2v) is 9.00. The largest absolute Gasteiger partial charge is 0.429 e. The van der Waals surface area contributed by atoms with E-state index < -0.39 is 40.7 Å². The molecule has 0 radical (unpaired) electrons. The molecule has 0 spiro atoms. The zero-order valence-corrected chi connectivity index (χ0v) is 19.1. The van der Waals surface area contributed by atoms with Gasteiger partial charge in [0.25, 0.3) is 0 Å². The van der Waals surface area contributed by atoms with Crippen LogP contribution in [0, 0.1) is 29.2 Å². The highest BCUT2D eigenvalue weighted by molar-refractivity contribution is 5.60. The summed E-state index contributed by atoms with van der Waals surface area (Å²) in [6.07, 6.45) is 4.54. The van der Waals surface area contributed by atoms with E-state index in [1.165, 1.54) is 31.7 Å². The molecule has 0 saturated heterocycles. The molecular weight excluding hydrogens is 468 g/mol. The average molecular weight is 493 g/mol. The van der Waals surface area contributed by atoms with Gasteiger partial charge in [-0.2, -0.15) is 8.78 Å². The smallest absolute Gasteiger partial charge is 0.429 e. The predicted octanol–water partition coefficient (Wildman–Crippen LogP) is 8.51. The number of pyridine rings is 1. The highest BCUT2D eigenvalue weighted by atomic mass is 19.3. The molecule has 0 N–H and O–H groups in total. The minimum Gasteiger partial charge on any atom is -0.429 e. The van der Waals surface area contributed by atoms with E-state index in [1.54, 1.807) is 12.3 Å². The molecule has 8 heteroatoms. The van der Waals surface area contributed by atoms with Gasteiger partial charge in [-0.05, 0) is 61.3 Å². The van der Waals surface area contributed by atoms with Crippen molar-refractivity contribution in [3.05, 3.63) is 83.1 Å². The number of aromatic nitrogens is 1. The Bertz CT molecular complexity index is 1150. The summed E-state index contributed by atoms with van der Waals surface area (Å²) in [5.41, 5.74) is 0.691. The summed E-state index contributed by atoms with van der Waals surface area (Å²) in [4.78, 5) is 4.40. The number of hydrogen-bond donors (Lipinski definition) is 0. The summed E-state index contributed by atoms with van der Waals surface area (Å²) in [6.45, 7) is 2.20. The van der Waals surface area contributed by atoms with Gasteiger partial charge in [0.2, 0.25) is 0 Å². The van der Waals surface area contributed by atoms with Crippen LogP contribution in [0.1, 0.15) is 62.5 Å². The van der Waals surface area contributed by atoms with Gasteiger partial charge in [-0.15, -0.1) is 0 Å². The Hall–Kier alpha value is -3.03. The molecule has 0 aliphatic heterocycles. The van der Waals surface area contributed by atoms with Crippen LogP contribution >= 0.6 is 0 Å². The van der Waals surface area contributed by atoms with Crippen LogP contribution in [-0.4, -0.2) is 4.98 Å². The highest BCUT2D eigenvalue weighted by Gasteiger charge is 2.38. The highest BCUT2D eigenvalue weighted by Crippen LogP contribution is 2.38. The number of benzene rings is 2. The van der Waals surface area contributed by atoms with Gasteiger partial charge in [0.15, 0.2) is 17.5 Å². The maximum Gasteiger partial charge on any atom is 0.429 e. The van der Waals surface area contributed by atoms with Gasteiger partial charge in [0, 0.05) is 23.9 Å². The minimum absolute atomic E-state index is 0.264. The molecule has 1 aromatic heterocycles. The summed E-state index contributed by atoms with van der Waals surface area (Å²) in [7, 11) is 0. The van der Waals surface area contributed by atoms with Crippen molar-refractivity contribution in [2.45, 2.75) is 57.5 Å². The molecular formula is C27H25F6NO. The van der Waals surface area contributed by atoms with Crippen LogP contribution in [0.25, 0.3) is 11.3 Å². The first kappa shape index (κ1) is 25.1. The predicted molar refractivity (Wildman–Crippen MR) is 120 cm³/mol. The summed E-state index contributed by atoms with van der Waals surface area (Å²) >= 11 is 0. The Balaban J connectivity index is 1.48. The van der Waals surface area contributed by atoms with Crippen molar-refractivity contribution in [2.24, 2.45) is 5.92 Å². The summed E-state index contributed by atoms with van der Waals surface area (Å²) in [5, 5.41) is 0. The third kappa shape index (κ3) is 5.63. The third-order valence-electron chi connectivity index (χ3n) is 6.58. The quantitative estimate of drug-likeness (QED) is 0.243. The molecule has 186 valence electrons. The van der Waals surface area contributed by atoms with Gasteiger partial charge in [-0.1, -0.05) is 31.9 Å². The number of rotatable bonds is 7. The van der Waals surface area contributed by atoms with Gasteiger partial charge in [0.05, 0.1) is 11.3 Å². The Morgan fingerprint density at radius 3 is 2.14 bits per heavy atom. The summed E-state index contributed by atoms with van der Waals surface area (Å²) in [5.74, 6) is -6.26. The number of nitrogens with zero attached hydrogens (tertiary/aromatic N) is 1. The van der Waals surface area contributed by atoms with Gasteiger partial charge in [-0.25, -0.2) is 17.6 Å². The van der Waals surface area contributed by atoms with Crippen molar-refractivity contribution in [2.75, 3.05) is 0 Å². The molecule has 0 amide bonds. The molecule has 1 heterocycles. The average Bonchev–Trinajstić information content (AvgIpc) is 2.83. The lowest BCUT2D eigenvalue weighted by molar-refractivity contribution is -0.187. The molecule has 1 fully saturated rings. The van der Waals surface area contributed by atoms with Crippen LogP contribution in [0.15, 0.2) is 48.7 Å². The Labute approximate surface area is 200 Å². The van der Waals surface area contributed by atoms with E-state index in [0.29, 0.717) is 17.2 Å². The van der Waals surface area contributed by atoms with Crippen molar-refractivity contribution in [1.29, 1.82) is 0 Å². The number of alkyl halides is 2. The molecule has 2 aromatic carbocycles. The van der Waals surface area contributed by atoms with Crippen molar-refractivity contribution < 1.29 is 31.1 Å². The zero-order chi connectivity index (χ0) is 25.2. The molecule has 0 bridgehead atoms. The molecule has 1 aliphatic carbocycles. The molecule has 1 aliphatic rings. The minimum atomic E-state index is -4.26. The van der Waals surface area contributed by atoms with E-state index in [2.05, 4.69) is 16.6 Å². The molecule has 4 rings (SSSR count). The SMILES string of the molecule is CCCC1CCC(c2ccc(-c3ccc(C(F)(F)Oc4cc(F)c(F)c(F)c4)c(F)c3)nc2)CC1. The van der Waals surface area contributed by atoms with E-state index >= 15 is 0 Å². The van der Waals surface area contributed by atoms with Crippen LogP contribution < -0.4 is 4.74 Å². The number of halogens is 6. The maximum absolute atomic E-state index is 14.6. The fourth-order valence-corrected chi connectivity index (χ4v) is 4.71. The van der Waals surface area contributed by atoms with Gasteiger partial charge in [0.1, 0.15) is 11.6 Å². The van der Waals surface area contributed by atoms with Crippen molar-refractivity contribution in [3.63, 3.8) is 0 Å². The molecule has 35 heavy (non-hydrogen) atoms. The van der Waals surface area contributed by atoms with E-state index in [0.717, 1.165) is 36.5 Å². The second kappa shape index (κ2) is 10.3. The first-order valence-corrected chi connectivity index (χ1v) is 11.7. The first-order chi connectivity index (χ1) is 16.7. The standard InChI is InChI=1S/C27H25F6NO/c1-2-3-16-4-6-17(7-5-16)19-9-11-25(34-15-19)18-8-10-21(22(28)12-18)27(32,33)35-20-13-23(29)26(31)24(30)14-20/h8-17H,2-7H2,1H3. The number of ether oxygens (including phenoxy) is 1. The van der Waals surface area contributed by atoms with Crippen LogP contribution in [0.3, 0.4) is 0 Å². The molecule has 0 unspecified atom stereocenters. The molecule has 0 atom stereocenters. The van der Waals surface area contributed by atoms with E-state index in [9.17, 15) is 26.3 Å². The Morgan fingerprint density at radius 1 is 0.886 bits per heavy atom. The van der Waals surface area contributed by atoms with E-state index in [-0.39, 0.29) is 12.1 Å². The van der Waals surface area contributed by atoms with Crippen molar-refractivity contribution in [1.82, 2.24) is 4.98 Å². The van der Waals surface area contributed by atoms with Crippen LogP contribution in [-0.2, 0) is 6.11 Å². The van der Waals surface area contributed by atoms with Crippen LogP contribution in [0.2, 0.25) is 0 Å². The van der Waals surface area contributed by atoms with Crippen molar-refractivity contribution >= 4 is 0 Å². The van der Waals surface area contributed by atoms with Crippen LogP contribution in [0.5, 0.6) is 5.75 Å². The molecule has 1 saturated carbocycles. The van der Waals surface area contributed by atoms with Crippen LogP contribution in [0.4, 0.5) is 26.3 Å². The third-order valence-corrected chi connectivity index (χ3v) is 6.58. The Morgan fingerprint density at radius 2 is 1.57 bits per heavy atom. The fourth-order valence-electron chi connectivity index (χ4n) is 4.71. The number of hydrogen-bond acceptors (Lipinski definition) is 2. The fraction of sp³-hybridized carbons (Fsp3) is 0.370. The zero-order valence-electron chi connectivity index (χ0n) is 19.1. The lowest BCUT2D eigenvalue weighted by Crippen LogP contribution is -2.23.